The minimum atomic E-state index is -1.06. The number of carbonyl (C=O) groups is 1. The lowest BCUT2D eigenvalue weighted by atomic mass is 10.2. The molecule has 12 heavy (non-hydrogen) atoms. The van der Waals surface area contributed by atoms with E-state index in [4.69, 9.17) is 14.8 Å². The molecule has 1 aromatic heterocycles. The van der Waals surface area contributed by atoms with Crippen molar-refractivity contribution in [3.8, 4) is 6.07 Å². The highest BCUT2D eigenvalue weighted by Gasteiger charge is 2.00. The second kappa shape index (κ2) is 3.39. The van der Waals surface area contributed by atoms with E-state index < -0.39 is 5.97 Å². The van der Waals surface area contributed by atoms with Crippen LogP contribution in [-0.4, -0.2) is 11.1 Å². The van der Waals surface area contributed by atoms with Crippen LogP contribution in [0.5, 0.6) is 0 Å². The molecule has 60 valence electrons. The molecule has 0 amide bonds. The summed E-state index contributed by atoms with van der Waals surface area (Å²) in [5.74, 6) is -0.937. The van der Waals surface area contributed by atoms with Gasteiger partial charge < -0.3 is 9.52 Å². The minimum Gasteiger partial charge on any atom is -0.478 e. The van der Waals surface area contributed by atoms with Gasteiger partial charge in [0.15, 0.2) is 0 Å². The Morgan fingerprint density at radius 2 is 2.50 bits per heavy atom. The molecule has 0 aromatic carbocycles. The van der Waals surface area contributed by atoms with Crippen molar-refractivity contribution in [1.82, 2.24) is 0 Å². The molecule has 0 aliphatic rings. The Balaban J connectivity index is 2.90. The van der Waals surface area contributed by atoms with Gasteiger partial charge in [-0.15, -0.1) is 0 Å². The van der Waals surface area contributed by atoms with Crippen LogP contribution in [0, 0.1) is 11.3 Å². The summed E-state index contributed by atoms with van der Waals surface area (Å²) >= 11 is 0. The molecular weight excluding hydrogens is 158 g/mol. The molecule has 0 radical (unpaired) electrons. The van der Waals surface area contributed by atoms with Crippen LogP contribution >= 0.6 is 0 Å². The topological polar surface area (TPSA) is 74.2 Å². The maximum atomic E-state index is 10.1. The highest BCUT2D eigenvalue weighted by atomic mass is 16.4. The van der Waals surface area contributed by atoms with E-state index in [9.17, 15) is 4.79 Å². The van der Waals surface area contributed by atoms with Crippen molar-refractivity contribution >= 4 is 12.0 Å². The van der Waals surface area contributed by atoms with Crippen molar-refractivity contribution in [2.45, 2.75) is 0 Å². The zero-order valence-electron chi connectivity index (χ0n) is 6.02. The van der Waals surface area contributed by atoms with Crippen molar-refractivity contribution in [2.24, 2.45) is 0 Å². The summed E-state index contributed by atoms with van der Waals surface area (Å²) in [6.07, 6.45) is 3.59. The van der Waals surface area contributed by atoms with Crippen LogP contribution in [0.1, 0.15) is 11.3 Å². The van der Waals surface area contributed by atoms with Crippen LogP contribution in [-0.2, 0) is 4.79 Å². The van der Waals surface area contributed by atoms with E-state index in [0.717, 1.165) is 6.08 Å². The van der Waals surface area contributed by atoms with Crippen LogP contribution in [0.3, 0.4) is 0 Å². The minimum absolute atomic E-state index is 0.118. The van der Waals surface area contributed by atoms with E-state index in [1.54, 1.807) is 6.07 Å². The molecule has 0 saturated carbocycles. The molecule has 0 saturated heterocycles. The van der Waals surface area contributed by atoms with Crippen LogP contribution in [0.25, 0.3) is 6.08 Å². The van der Waals surface area contributed by atoms with Gasteiger partial charge in [0, 0.05) is 11.6 Å². The van der Waals surface area contributed by atoms with Crippen LogP contribution < -0.4 is 0 Å². The van der Waals surface area contributed by atoms with Crippen molar-refractivity contribution in [3.63, 3.8) is 0 Å². The summed E-state index contributed by atoms with van der Waals surface area (Å²) in [5.41, 5.74) is 0.472. The molecule has 0 aliphatic carbocycles. The normalized spacial score (nSPS) is 9.92. The van der Waals surface area contributed by atoms with Crippen LogP contribution in [0.2, 0.25) is 0 Å². The van der Waals surface area contributed by atoms with Gasteiger partial charge in [0.1, 0.15) is 6.07 Å². The third kappa shape index (κ3) is 1.73. The lowest BCUT2D eigenvalue weighted by molar-refractivity contribution is -0.131. The summed E-state index contributed by atoms with van der Waals surface area (Å²) in [4.78, 5) is 10.1. The van der Waals surface area contributed by atoms with E-state index in [1.165, 1.54) is 18.4 Å². The number of rotatable bonds is 2. The number of aliphatic carboxylic acids is 1. The third-order valence-corrected chi connectivity index (χ3v) is 1.20. The number of carboxylic acids is 1. The van der Waals surface area contributed by atoms with Gasteiger partial charge in [-0.1, -0.05) is 0 Å². The highest BCUT2D eigenvalue weighted by Crippen LogP contribution is 2.10. The van der Waals surface area contributed by atoms with E-state index in [1.807, 2.05) is 0 Å². The molecular formula is C8H5NO3. The Hall–Kier alpha value is -2.02. The molecule has 1 N–H and O–H groups in total. The van der Waals surface area contributed by atoms with Gasteiger partial charge in [-0.05, 0) is 12.1 Å². The fraction of sp³-hybridized carbons (Fsp3) is 0. The Morgan fingerprint density at radius 3 is 3.08 bits per heavy atom. The zero-order valence-corrected chi connectivity index (χ0v) is 6.02. The Kier molecular flexibility index (Phi) is 2.29. The number of hydrogen-bond donors (Lipinski definition) is 1. The second-order valence-corrected chi connectivity index (χ2v) is 1.99. The van der Waals surface area contributed by atoms with Gasteiger partial charge in [0.25, 0.3) is 0 Å². The molecule has 0 bridgehead atoms. The lowest BCUT2D eigenvalue weighted by Crippen LogP contribution is -1.85. The standard InChI is InChI=1S/C8H5NO3/c9-5-7-6(3-4-12-7)1-2-8(10)11/h1-4H,(H,10,11). The predicted molar refractivity (Wildman–Crippen MR) is 40.1 cm³/mol. The van der Waals surface area contributed by atoms with Crippen molar-refractivity contribution in [3.05, 3.63) is 29.7 Å². The Bertz CT molecular complexity index is 357. The van der Waals surface area contributed by atoms with Crippen molar-refractivity contribution in [1.29, 1.82) is 5.26 Å². The summed E-state index contributed by atoms with van der Waals surface area (Å²) in [6.45, 7) is 0. The number of nitriles is 1. The van der Waals surface area contributed by atoms with Gasteiger partial charge in [0.2, 0.25) is 5.76 Å². The first kappa shape index (κ1) is 8.08. The van der Waals surface area contributed by atoms with Gasteiger partial charge in [0.05, 0.1) is 6.26 Å². The van der Waals surface area contributed by atoms with Crippen LogP contribution in [0.15, 0.2) is 22.8 Å². The number of furan rings is 1. The molecule has 1 aromatic rings. The van der Waals surface area contributed by atoms with E-state index in [2.05, 4.69) is 0 Å². The quantitative estimate of drug-likeness (QED) is 0.665. The first-order valence-electron chi connectivity index (χ1n) is 3.12. The Morgan fingerprint density at radius 1 is 1.75 bits per heavy atom. The molecule has 1 heterocycles. The maximum Gasteiger partial charge on any atom is 0.328 e. The largest absolute Gasteiger partial charge is 0.478 e. The third-order valence-electron chi connectivity index (χ3n) is 1.20. The first-order valence-corrected chi connectivity index (χ1v) is 3.12. The molecule has 0 spiro atoms. The molecule has 0 fully saturated rings. The second-order valence-electron chi connectivity index (χ2n) is 1.99. The number of hydrogen-bond acceptors (Lipinski definition) is 3. The molecule has 4 nitrogen and oxygen atoms in total. The number of carboxylic acid groups (broad SMARTS) is 1. The summed E-state index contributed by atoms with van der Waals surface area (Å²) < 4.78 is 4.74. The lowest BCUT2D eigenvalue weighted by Gasteiger charge is -1.82. The summed E-state index contributed by atoms with van der Waals surface area (Å²) in [6, 6.07) is 3.31. The smallest absolute Gasteiger partial charge is 0.328 e. The van der Waals surface area contributed by atoms with Gasteiger partial charge in [-0.3, -0.25) is 0 Å². The fourth-order valence-corrected chi connectivity index (χ4v) is 0.702. The first-order chi connectivity index (χ1) is 5.74. The molecule has 0 unspecified atom stereocenters. The van der Waals surface area contributed by atoms with E-state index >= 15 is 0 Å². The van der Waals surface area contributed by atoms with Gasteiger partial charge >= 0.3 is 5.97 Å². The Labute approximate surface area is 68.3 Å². The summed E-state index contributed by atoms with van der Waals surface area (Å²) in [5, 5.41) is 16.7. The van der Waals surface area contributed by atoms with E-state index in [-0.39, 0.29) is 5.76 Å². The molecule has 1 rings (SSSR count). The van der Waals surface area contributed by atoms with Crippen molar-refractivity contribution in [2.75, 3.05) is 0 Å². The number of nitrogens with zero attached hydrogens (tertiary/aromatic N) is 1. The zero-order chi connectivity index (χ0) is 8.97. The average molecular weight is 163 g/mol. The maximum absolute atomic E-state index is 10.1. The fourth-order valence-electron chi connectivity index (χ4n) is 0.702. The molecule has 4 heteroatoms. The summed E-state index contributed by atoms with van der Waals surface area (Å²) in [7, 11) is 0. The monoisotopic (exact) mass is 163 g/mol. The average Bonchev–Trinajstić information content (AvgIpc) is 2.47. The molecule has 0 atom stereocenters. The van der Waals surface area contributed by atoms with E-state index in [0.29, 0.717) is 5.56 Å². The highest BCUT2D eigenvalue weighted by molar-refractivity contribution is 5.85. The van der Waals surface area contributed by atoms with Crippen LogP contribution in [0.4, 0.5) is 0 Å². The van der Waals surface area contributed by atoms with Crippen molar-refractivity contribution < 1.29 is 14.3 Å². The van der Waals surface area contributed by atoms with Gasteiger partial charge in [-0.25, -0.2) is 4.79 Å². The van der Waals surface area contributed by atoms with Gasteiger partial charge in [-0.2, -0.15) is 5.26 Å². The molecule has 0 aliphatic heterocycles. The SMILES string of the molecule is N#Cc1occc1C=CC(=O)O. The predicted octanol–water partition coefficient (Wildman–Crippen LogP) is 1.25.